The molecule has 1 heterocycles. The zero-order valence-electron chi connectivity index (χ0n) is 7.72. The largest absolute Gasteiger partial charge is 0.330 e. The SMILES string of the molecule is Cc1cnn(C)c1C(F)(F)CCN. The highest BCUT2D eigenvalue weighted by molar-refractivity contribution is 5.20. The quantitative estimate of drug-likeness (QED) is 0.775. The molecule has 1 aromatic heterocycles. The van der Waals surface area contributed by atoms with Gasteiger partial charge in [-0.2, -0.15) is 13.9 Å². The summed E-state index contributed by atoms with van der Waals surface area (Å²) >= 11 is 0. The van der Waals surface area contributed by atoms with E-state index < -0.39 is 5.92 Å². The molecule has 0 fully saturated rings. The van der Waals surface area contributed by atoms with E-state index in [0.717, 1.165) is 0 Å². The number of rotatable bonds is 3. The molecular weight excluding hydrogens is 176 g/mol. The fourth-order valence-corrected chi connectivity index (χ4v) is 1.37. The van der Waals surface area contributed by atoms with Crippen LogP contribution >= 0.6 is 0 Å². The van der Waals surface area contributed by atoms with Crippen LogP contribution in [0, 0.1) is 6.92 Å². The lowest BCUT2D eigenvalue weighted by atomic mass is 10.1. The van der Waals surface area contributed by atoms with Crippen molar-refractivity contribution >= 4 is 0 Å². The van der Waals surface area contributed by atoms with Gasteiger partial charge in [0.25, 0.3) is 5.92 Å². The summed E-state index contributed by atoms with van der Waals surface area (Å²) in [6.45, 7) is 1.59. The Morgan fingerprint density at radius 1 is 1.62 bits per heavy atom. The van der Waals surface area contributed by atoms with Crippen molar-refractivity contribution in [2.24, 2.45) is 12.8 Å². The van der Waals surface area contributed by atoms with Crippen molar-refractivity contribution in [1.29, 1.82) is 0 Å². The molecule has 0 unspecified atom stereocenters. The first-order valence-electron chi connectivity index (χ1n) is 4.06. The number of aromatic nitrogens is 2. The highest BCUT2D eigenvalue weighted by atomic mass is 19.3. The summed E-state index contributed by atoms with van der Waals surface area (Å²) in [6, 6.07) is 0. The highest BCUT2D eigenvalue weighted by Gasteiger charge is 2.35. The molecule has 0 saturated carbocycles. The molecule has 1 rings (SSSR count). The lowest BCUT2D eigenvalue weighted by molar-refractivity contribution is -0.0193. The summed E-state index contributed by atoms with van der Waals surface area (Å²) in [6.07, 6.45) is 1.09. The van der Waals surface area contributed by atoms with E-state index in [1.807, 2.05) is 0 Å². The second-order valence-electron chi connectivity index (χ2n) is 3.04. The molecule has 13 heavy (non-hydrogen) atoms. The summed E-state index contributed by atoms with van der Waals surface area (Å²) in [7, 11) is 1.51. The molecule has 74 valence electrons. The molecule has 0 aromatic carbocycles. The Labute approximate surface area is 75.5 Å². The topological polar surface area (TPSA) is 43.8 Å². The average Bonchev–Trinajstić information content (AvgIpc) is 2.31. The second kappa shape index (κ2) is 3.41. The van der Waals surface area contributed by atoms with E-state index in [9.17, 15) is 8.78 Å². The van der Waals surface area contributed by atoms with Gasteiger partial charge in [-0.25, -0.2) is 0 Å². The van der Waals surface area contributed by atoms with Crippen LogP contribution in [-0.2, 0) is 13.0 Å². The van der Waals surface area contributed by atoms with Crippen LogP contribution in [0.1, 0.15) is 17.7 Å². The first-order valence-corrected chi connectivity index (χ1v) is 4.06. The average molecular weight is 189 g/mol. The molecule has 3 nitrogen and oxygen atoms in total. The smallest absolute Gasteiger partial charge is 0.290 e. The van der Waals surface area contributed by atoms with Gasteiger partial charge in [-0.3, -0.25) is 4.68 Å². The third kappa shape index (κ3) is 1.85. The van der Waals surface area contributed by atoms with Gasteiger partial charge < -0.3 is 5.73 Å². The maximum Gasteiger partial charge on any atom is 0.290 e. The third-order valence-electron chi connectivity index (χ3n) is 1.93. The number of halogens is 2. The minimum atomic E-state index is -2.87. The van der Waals surface area contributed by atoms with E-state index in [-0.39, 0.29) is 18.7 Å². The second-order valence-corrected chi connectivity index (χ2v) is 3.04. The summed E-state index contributed by atoms with van der Waals surface area (Å²) < 4.78 is 27.9. The fraction of sp³-hybridized carbons (Fsp3) is 0.625. The van der Waals surface area contributed by atoms with Gasteiger partial charge in [-0.05, 0) is 19.0 Å². The summed E-state index contributed by atoms with van der Waals surface area (Å²) in [5, 5.41) is 3.76. The van der Waals surface area contributed by atoms with Crippen molar-refractivity contribution in [1.82, 2.24) is 9.78 Å². The van der Waals surface area contributed by atoms with Crippen LogP contribution in [0.15, 0.2) is 6.20 Å². The predicted molar refractivity (Wildman–Crippen MR) is 45.5 cm³/mol. The van der Waals surface area contributed by atoms with Crippen molar-refractivity contribution in [3.63, 3.8) is 0 Å². The number of nitrogens with two attached hydrogens (primary N) is 1. The molecule has 0 radical (unpaired) electrons. The molecule has 1 aromatic rings. The molecule has 0 amide bonds. The molecule has 5 heteroatoms. The van der Waals surface area contributed by atoms with Crippen LogP contribution in [0.5, 0.6) is 0 Å². The van der Waals surface area contributed by atoms with Gasteiger partial charge in [0.15, 0.2) is 0 Å². The Kier molecular flexibility index (Phi) is 2.66. The minimum absolute atomic E-state index is 0.0301. The van der Waals surface area contributed by atoms with Gasteiger partial charge in [-0.15, -0.1) is 0 Å². The lowest BCUT2D eigenvalue weighted by Gasteiger charge is -2.16. The number of aryl methyl sites for hydroxylation is 2. The first-order chi connectivity index (χ1) is 5.99. The molecule has 2 N–H and O–H groups in total. The van der Waals surface area contributed by atoms with Crippen LogP contribution in [-0.4, -0.2) is 16.3 Å². The number of nitrogens with zero attached hydrogens (tertiary/aromatic N) is 2. The zero-order chi connectivity index (χ0) is 10.1. The van der Waals surface area contributed by atoms with Gasteiger partial charge >= 0.3 is 0 Å². The van der Waals surface area contributed by atoms with Crippen molar-refractivity contribution in [3.05, 3.63) is 17.5 Å². The van der Waals surface area contributed by atoms with Crippen LogP contribution in [0.4, 0.5) is 8.78 Å². The van der Waals surface area contributed by atoms with Gasteiger partial charge in [0.1, 0.15) is 5.69 Å². The van der Waals surface area contributed by atoms with E-state index in [4.69, 9.17) is 5.73 Å². The summed E-state index contributed by atoms with van der Waals surface area (Å²) in [5.74, 6) is -2.87. The van der Waals surface area contributed by atoms with Crippen molar-refractivity contribution in [2.75, 3.05) is 6.54 Å². The van der Waals surface area contributed by atoms with E-state index in [2.05, 4.69) is 5.10 Å². The molecule has 0 aliphatic rings. The van der Waals surface area contributed by atoms with Crippen molar-refractivity contribution in [3.8, 4) is 0 Å². The minimum Gasteiger partial charge on any atom is -0.330 e. The maximum atomic E-state index is 13.4. The van der Waals surface area contributed by atoms with Crippen LogP contribution in [0.25, 0.3) is 0 Å². The summed E-state index contributed by atoms with van der Waals surface area (Å²) in [5.41, 5.74) is 5.57. The standard InChI is InChI=1S/C8H13F2N3/c1-6-5-12-13(2)7(6)8(9,10)3-4-11/h5H,3-4,11H2,1-2H3. The maximum absolute atomic E-state index is 13.4. The normalized spacial score (nSPS) is 12.1. The van der Waals surface area contributed by atoms with Crippen LogP contribution < -0.4 is 5.73 Å². The van der Waals surface area contributed by atoms with E-state index in [1.54, 1.807) is 6.92 Å². The Hall–Kier alpha value is -0.970. The van der Waals surface area contributed by atoms with Gasteiger partial charge in [0, 0.05) is 13.5 Å². The lowest BCUT2D eigenvalue weighted by Crippen LogP contribution is -2.22. The molecule has 0 spiro atoms. The predicted octanol–water partition coefficient (Wildman–Crippen LogP) is 1.17. The van der Waals surface area contributed by atoms with Gasteiger partial charge in [0.2, 0.25) is 0 Å². The Balaban J connectivity index is 3.05. The number of alkyl halides is 2. The van der Waals surface area contributed by atoms with Crippen molar-refractivity contribution < 1.29 is 8.78 Å². The van der Waals surface area contributed by atoms with Crippen molar-refractivity contribution in [2.45, 2.75) is 19.3 Å². The first kappa shape index (κ1) is 10.1. The van der Waals surface area contributed by atoms with E-state index in [0.29, 0.717) is 5.56 Å². The molecule has 0 bridgehead atoms. The van der Waals surface area contributed by atoms with Crippen LogP contribution in [0.3, 0.4) is 0 Å². The molecule has 0 aliphatic carbocycles. The summed E-state index contributed by atoms with van der Waals surface area (Å²) in [4.78, 5) is 0. The third-order valence-corrected chi connectivity index (χ3v) is 1.93. The molecular formula is C8H13F2N3. The molecule has 0 atom stereocenters. The van der Waals surface area contributed by atoms with Gasteiger partial charge in [-0.1, -0.05) is 0 Å². The van der Waals surface area contributed by atoms with E-state index >= 15 is 0 Å². The Morgan fingerprint density at radius 2 is 2.23 bits per heavy atom. The molecule has 0 saturated heterocycles. The monoisotopic (exact) mass is 189 g/mol. The Bertz CT molecular complexity index is 274. The number of hydrogen-bond acceptors (Lipinski definition) is 2. The Morgan fingerprint density at radius 3 is 2.62 bits per heavy atom. The van der Waals surface area contributed by atoms with E-state index in [1.165, 1.54) is 17.9 Å². The highest BCUT2D eigenvalue weighted by Crippen LogP contribution is 2.32. The van der Waals surface area contributed by atoms with Crippen LogP contribution in [0.2, 0.25) is 0 Å². The molecule has 0 aliphatic heterocycles. The fourth-order valence-electron chi connectivity index (χ4n) is 1.37. The zero-order valence-corrected chi connectivity index (χ0v) is 7.72. The number of hydrogen-bond donors (Lipinski definition) is 1. The van der Waals surface area contributed by atoms with Gasteiger partial charge in [0.05, 0.1) is 6.20 Å².